The molecule has 0 radical (unpaired) electrons. The maximum Gasteiger partial charge on any atom is 0.504 e. The third-order valence-corrected chi connectivity index (χ3v) is 7.49. The fourth-order valence-corrected chi connectivity index (χ4v) is 5.35. The Morgan fingerprint density at radius 1 is 0.902 bits per heavy atom. The number of nitrogens with one attached hydrogen (secondary N) is 2. The molecule has 0 atom stereocenters. The van der Waals surface area contributed by atoms with Crippen molar-refractivity contribution in [3.63, 3.8) is 0 Å². The van der Waals surface area contributed by atoms with Crippen molar-refractivity contribution in [1.29, 1.82) is 0 Å². The minimum atomic E-state index is -4.66. The van der Waals surface area contributed by atoms with Crippen LogP contribution in [0.4, 0.5) is 13.2 Å². The summed E-state index contributed by atoms with van der Waals surface area (Å²) in [7, 11) is 3.28. The van der Waals surface area contributed by atoms with Gasteiger partial charge in [-0.25, -0.2) is 0 Å². The highest BCUT2D eigenvalue weighted by Crippen LogP contribution is 2.36. The van der Waals surface area contributed by atoms with Gasteiger partial charge in [-0.05, 0) is 28.8 Å². The summed E-state index contributed by atoms with van der Waals surface area (Å²) in [4.78, 5) is 31.4. The summed E-state index contributed by atoms with van der Waals surface area (Å²) in [6.45, 7) is 4.62. The highest BCUT2D eigenvalue weighted by atomic mass is 19.4. The first-order valence-corrected chi connectivity index (χ1v) is 13.2. The number of piperazine rings is 1. The molecule has 0 spiro atoms. The summed E-state index contributed by atoms with van der Waals surface area (Å²) in [5.41, 5.74) is 4.19. The Morgan fingerprint density at radius 3 is 2.39 bits per heavy atom. The van der Waals surface area contributed by atoms with Crippen LogP contribution in [0.3, 0.4) is 0 Å². The Balaban J connectivity index is 1.50. The summed E-state index contributed by atoms with van der Waals surface area (Å²) in [6, 6.07) is 11.3. The van der Waals surface area contributed by atoms with Crippen LogP contribution >= 0.6 is 0 Å². The van der Waals surface area contributed by atoms with Crippen LogP contribution in [-0.2, 0) is 26.9 Å². The van der Waals surface area contributed by atoms with Gasteiger partial charge in [0.05, 0.1) is 6.20 Å². The molecule has 6 rings (SSSR count). The molecule has 1 aromatic carbocycles. The molecule has 12 heteroatoms. The number of aromatic amines is 1. The van der Waals surface area contributed by atoms with Crippen LogP contribution < -0.4 is 16.4 Å². The number of benzene rings is 1. The molecular weight excluding hydrogens is 535 g/mol. The number of aromatic nitrogens is 5. The molecular formula is C29H28F3N7O2. The van der Waals surface area contributed by atoms with Crippen molar-refractivity contribution >= 4 is 10.9 Å². The first-order valence-electron chi connectivity index (χ1n) is 13.2. The molecule has 41 heavy (non-hydrogen) atoms. The lowest BCUT2D eigenvalue weighted by Crippen LogP contribution is -2.42. The smallest absolute Gasteiger partial charge is 0.350 e. The monoisotopic (exact) mass is 563 g/mol. The van der Waals surface area contributed by atoms with Crippen LogP contribution in [0.5, 0.6) is 0 Å². The van der Waals surface area contributed by atoms with Crippen LogP contribution in [0, 0.1) is 0 Å². The molecule has 0 aliphatic carbocycles. The summed E-state index contributed by atoms with van der Waals surface area (Å²) >= 11 is 0. The molecule has 2 N–H and O–H groups in total. The predicted octanol–water partition coefficient (Wildman–Crippen LogP) is 3.64. The number of alkyl halides is 3. The van der Waals surface area contributed by atoms with Gasteiger partial charge in [-0.15, -0.1) is 13.2 Å². The van der Waals surface area contributed by atoms with E-state index < -0.39 is 6.30 Å². The Morgan fingerprint density at radius 2 is 1.66 bits per heavy atom. The summed E-state index contributed by atoms with van der Waals surface area (Å²) in [5, 5.41) is 7.27. The first-order chi connectivity index (χ1) is 19.6. The molecule has 212 valence electrons. The van der Waals surface area contributed by atoms with E-state index in [1.165, 1.54) is 15.2 Å². The third kappa shape index (κ3) is 5.11. The van der Waals surface area contributed by atoms with Gasteiger partial charge in [-0.3, -0.25) is 14.5 Å². The number of nitrogens with zero attached hydrogens (tertiary/aromatic N) is 5. The third-order valence-electron chi connectivity index (χ3n) is 7.49. The van der Waals surface area contributed by atoms with Gasteiger partial charge in [0.15, 0.2) is 0 Å². The summed E-state index contributed by atoms with van der Waals surface area (Å²) in [5.74, 6) is 0. The highest BCUT2D eigenvalue weighted by molar-refractivity contribution is 6.00. The van der Waals surface area contributed by atoms with E-state index in [0.29, 0.717) is 22.2 Å². The van der Waals surface area contributed by atoms with E-state index >= 15 is 0 Å². The van der Waals surface area contributed by atoms with Gasteiger partial charge >= 0.3 is 6.30 Å². The molecule has 0 saturated carbocycles. The minimum Gasteiger partial charge on any atom is -0.350 e. The van der Waals surface area contributed by atoms with Crippen LogP contribution in [0.1, 0.15) is 5.56 Å². The van der Waals surface area contributed by atoms with E-state index in [1.807, 2.05) is 12.1 Å². The standard InChI is InChI=1S/C29H28F3N7O2/c1-36-16-23(19-5-3-4-18(10-19)14-38-8-6-33-7-9-38)21(12-26(36)40)24-17-37(2)28(41)27-22(24)11-25(35-27)20-13-34-39(15-20)29(30,31)32/h3-5,10-13,15-17,33,35H,6-9,14H2,1-2H3. The van der Waals surface area contributed by atoms with Gasteiger partial charge in [0.1, 0.15) is 5.52 Å². The fourth-order valence-electron chi connectivity index (χ4n) is 5.35. The van der Waals surface area contributed by atoms with Gasteiger partial charge in [0, 0.05) is 99.2 Å². The van der Waals surface area contributed by atoms with E-state index in [1.54, 1.807) is 32.6 Å². The number of halogens is 3. The van der Waals surface area contributed by atoms with E-state index in [2.05, 4.69) is 32.4 Å². The maximum absolute atomic E-state index is 13.2. The molecule has 5 heterocycles. The van der Waals surface area contributed by atoms with Gasteiger partial charge in [0.25, 0.3) is 11.1 Å². The molecule has 5 aromatic rings. The normalized spacial score (nSPS) is 14.7. The number of pyridine rings is 2. The number of hydrogen-bond acceptors (Lipinski definition) is 5. The number of H-pyrrole nitrogens is 1. The van der Waals surface area contributed by atoms with E-state index in [4.69, 9.17) is 0 Å². The van der Waals surface area contributed by atoms with Crippen molar-refractivity contribution in [3.8, 4) is 33.5 Å². The molecule has 4 aromatic heterocycles. The molecule has 1 aliphatic heterocycles. The van der Waals surface area contributed by atoms with Crippen LogP contribution in [0.2, 0.25) is 0 Å². The zero-order valence-corrected chi connectivity index (χ0v) is 22.5. The Bertz CT molecular complexity index is 1870. The topological polar surface area (TPSA) is 92.9 Å². The van der Waals surface area contributed by atoms with Gasteiger partial charge in [-0.2, -0.15) is 9.78 Å². The lowest BCUT2D eigenvalue weighted by atomic mass is 9.94. The quantitative estimate of drug-likeness (QED) is 0.341. The summed E-state index contributed by atoms with van der Waals surface area (Å²) in [6.07, 6.45) is 0.728. The van der Waals surface area contributed by atoms with Crippen molar-refractivity contribution in [2.24, 2.45) is 14.1 Å². The maximum atomic E-state index is 13.2. The van der Waals surface area contributed by atoms with Crippen molar-refractivity contribution in [1.82, 2.24) is 34.1 Å². The average Bonchev–Trinajstić information content (AvgIpc) is 3.61. The summed E-state index contributed by atoms with van der Waals surface area (Å²) < 4.78 is 42.3. The number of hydrogen-bond donors (Lipinski definition) is 2. The molecule has 0 bridgehead atoms. The largest absolute Gasteiger partial charge is 0.504 e. The number of rotatable bonds is 5. The lowest BCUT2D eigenvalue weighted by molar-refractivity contribution is -0.212. The molecule has 9 nitrogen and oxygen atoms in total. The molecule has 1 fully saturated rings. The second-order valence-electron chi connectivity index (χ2n) is 10.3. The second kappa shape index (κ2) is 10.2. The second-order valence-corrected chi connectivity index (χ2v) is 10.3. The number of aryl methyl sites for hydroxylation is 2. The van der Waals surface area contributed by atoms with Crippen LogP contribution in [-0.4, -0.2) is 55.0 Å². The zero-order chi connectivity index (χ0) is 28.9. The van der Waals surface area contributed by atoms with E-state index in [-0.39, 0.29) is 26.9 Å². The average molecular weight is 564 g/mol. The zero-order valence-electron chi connectivity index (χ0n) is 22.5. The SMILES string of the molecule is Cn1cc(-c2cccc(CN3CCNCC3)c2)c(-c2cn(C)c(=O)c3[nH]c(-c4cnn(C(F)(F)F)c4)cc23)cc1=O. The van der Waals surface area contributed by atoms with E-state index in [9.17, 15) is 22.8 Å². The minimum absolute atomic E-state index is 0.0841. The van der Waals surface area contributed by atoms with Gasteiger partial charge < -0.3 is 19.4 Å². The molecule has 1 saturated heterocycles. The van der Waals surface area contributed by atoms with Gasteiger partial charge in [0.2, 0.25) is 0 Å². The fraction of sp³-hybridized carbons (Fsp3) is 0.276. The molecule has 0 amide bonds. The Kier molecular flexibility index (Phi) is 6.66. The Labute approximate surface area is 232 Å². The van der Waals surface area contributed by atoms with Crippen molar-refractivity contribution < 1.29 is 13.2 Å². The van der Waals surface area contributed by atoms with Crippen molar-refractivity contribution in [2.75, 3.05) is 26.2 Å². The number of fused-ring (bicyclic) bond motifs is 1. The first kappa shape index (κ1) is 26.8. The highest BCUT2D eigenvalue weighted by Gasteiger charge is 2.32. The van der Waals surface area contributed by atoms with Gasteiger partial charge in [-0.1, -0.05) is 18.2 Å². The lowest BCUT2D eigenvalue weighted by Gasteiger charge is -2.27. The van der Waals surface area contributed by atoms with Crippen molar-refractivity contribution in [2.45, 2.75) is 12.8 Å². The van der Waals surface area contributed by atoms with Crippen LogP contribution in [0.15, 0.2) is 70.8 Å². The molecule has 0 unspecified atom stereocenters. The van der Waals surface area contributed by atoms with Crippen LogP contribution in [0.25, 0.3) is 44.4 Å². The van der Waals surface area contributed by atoms with E-state index in [0.717, 1.165) is 61.8 Å². The van der Waals surface area contributed by atoms with Crippen molar-refractivity contribution in [3.05, 3.63) is 87.5 Å². The molecule has 1 aliphatic rings. The Hall–Kier alpha value is -4.42. The predicted molar refractivity (Wildman–Crippen MR) is 150 cm³/mol.